The monoisotopic (exact) mass is 317 g/mol. The number of nitro benzene ring substituents is 1. The third kappa shape index (κ3) is 3.97. The van der Waals surface area contributed by atoms with Gasteiger partial charge in [0.2, 0.25) is 0 Å². The van der Waals surface area contributed by atoms with Gasteiger partial charge in [-0.2, -0.15) is 0 Å². The lowest BCUT2D eigenvalue weighted by atomic mass is 10.1. The third-order valence-electron chi connectivity index (χ3n) is 2.96. The molecule has 0 unspecified atom stereocenters. The number of hydrogen-bond acceptors (Lipinski definition) is 6. The van der Waals surface area contributed by atoms with Crippen LogP contribution in [-0.4, -0.2) is 24.6 Å². The molecular formula is C16H15NO6. The highest BCUT2D eigenvalue weighted by atomic mass is 16.6. The van der Waals surface area contributed by atoms with E-state index in [2.05, 4.69) is 0 Å². The molecule has 1 heterocycles. The van der Waals surface area contributed by atoms with E-state index < -0.39 is 10.9 Å². The van der Waals surface area contributed by atoms with Crippen LogP contribution in [-0.2, 0) is 9.53 Å². The molecule has 7 nitrogen and oxygen atoms in total. The Bertz CT molecular complexity index is 747. The summed E-state index contributed by atoms with van der Waals surface area (Å²) in [4.78, 5) is 21.6. The predicted molar refractivity (Wildman–Crippen MR) is 83.0 cm³/mol. The topological polar surface area (TPSA) is 91.8 Å². The van der Waals surface area contributed by atoms with Gasteiger partial charge < -0.3 is 13.9 Å². The molecule has 0 fully saturated rings. The fourth-order valence-corrected chi connectivity index (χ4v) is 1.92. The van der Waals surface area contributed by atoms with Crippen molar-refractivity contribution in [1.29, 1.82) is 0 Å². The molecule has 0 saturated carbocycles. The van der Waals surface area contributed by atoms with Crippen molar-refractivity contribution in [3.63, 3.8) is 0 Å². The Morgan fingerprint density at radius 2 is 2.13 bits per heavy atom. The number of furan rings is 1. The summed E-state index contributed by atoms with van der Waals surface area (Å²) in [5, 5.41) is 10.8. The Kier molecular flexibility index (Phi) is 5.14. The molecule has 0 aliphatic heterocycles. The molecule has 1 aromatic carbocycles. The quantitative estimate of drug-likeness (QED) is 0.351. The van der Waals surface area contributed by atoms with Crippen molar-refractivity contribution in [2.75, 3.05) is 13.7 Å². The average Bonchev–Trinajstić information content (AvgIpc) is 3.01. The molecule has 0 aliphatic rings. The van der Waals surface area contributed by atoms with E-state index in [1.807, 2.05) is 0 Å². The van der Waals surface area contributed by atoms with Crippen LogP contribution in [0.2, 0.25) is 0 Å². The lowest BCUT2D eigenvalue weighted by Gasteiger charge is -2.05. The first-order chi connectivity index (χ1) is 11.0. The van der Waals surface area contributed by atoms with Gasteiger partial charge in [0.05, 0.1) is 30.3 Å². The van der Waals surface area contributed by atoms with Crippen molar-refractivity contribution in [2.24, 2.45) is 0 Å². The molecule has 0 atom stereocenters. The lowest BCUT2D eigenvalue weighted by molar-refractivity contribution is -0.384. The van der Waals surface area contributed by atoms with Crippen LogP contribution in [0.5, 0.6) is 5.75 Å². The minimum Gasteiger partial charge on any atom is -0.496 e. The van der Waals surface area contributed by atoms with Gasteiger partial charge in [-0.1, -0.05) is 0 Å². The Hall–Kier alpha value is -3.09. The molecule has 1 aromatic heterocycles. The maximum atomic E-state index is 11.3. The third-order valence-corrected chi connectivity index (χ3v) is 2.96. The highest BCUT2D eigenvalue weighted by Crippen LogP contribution is 2.34. The van der Waals surface area contributed by atoms with E-state index in [4.69, 9.17) is 13.9 Å². The second-order valence-electron chi connectivity index (χ2n) is 4.43. The van der Waals surface area contributed by atoms with E-state index in [1.165, 1.54) is 31.4 Å². The Morgan fingerprint density at radius 1 is 1.35 bits per heavy atom. The van der Waals surface area contributed by atoms with Gasteiger partial charge in [0, 0.05) is 12.1 Å². The number of non-ortho nitro benzene ring substituents is 1. The van der Waals surface area contributed by atoms with Gasteiger partial charge in [-0.15, -0.1) is 0 Å². The number of ether oxygens (including phenoxy) is 2. The number of rotatable bonds is 6. The number of methoxy groups -OCH3 is 1. The Balaban J connectivity index is 2.26. The maximum absolute atomic E-state index is 11.3. The van der Waals surface area contributed by atoms with Crippen LogP contribution in [0.25, 0.3) is 17.4 Å². The fraction of sp³-hybridized carbons (Fsp3) is 0.188. The molecule has 0 amide bonds. The van der Waals surface area contributed by atoms with E-state index in [9.17, 15) is 14.9 Å². The van der Waals surface area contributed by atoms with E-state index in [-0.39, 0.29) is 5.69 Å². The smallest absolute Gasteiger partial charge is 0.330 e. The summed E-state index contributed by atoms with van der Waals surface area (Å²) >= 11 is 0. The largest absolute Gasteiger partial charge is 0.496 e. The molecule has 0 N–H and O–H groups in total. The van der Waals surface area contributed by atoms with Gasteiger partial charge in [0.15, 0.2) is 0 Å². The summed E-state index contributed by atoms with van der Waals surface area (Å²) in [5.41, 5.74) is 0.508. The van der Waals surface area contributed by atoms with Gasteiger partial charge >= 0.3 is 5.97 Å². The van der Waals surface area contributed by atoms with Crippen LogP contribution in [0.4, 0.5) is 5.69 Å². The first-order valence-corrected chi connectivity index (χ1v) is 6.82. The van der Waals surface area contributed by atoms with Crippen LogP contribution in [0, 0.1) is 10.1 Å². The molecule has 7 heteroatoms. The van der Waals surface area contributed by atoms with E-state index >= 15 is 0 Å². The first-order valence-electron chi connectivity index (χ1n) is 6.82. The van der Waals surface area contributed by atoms with Gasteiger partial charge in [-0.25, -0.2) is 4.79 Å². The molecular weight excluding hydrogens is 302 g/mol. The van der Waals surface area contributed by atoms with Crippen molar-refractivity contribution < 1.29 is 23.6 Å². The first kappa shape index (κ1) is 16.3. The molecule has 0 bridgehead atoms. The Morgan fingerprint density at radius 3 is 2.78 bits per heavy atom. The fourth-order valence-electron chi connectivity index (χ4n) is 1.92. The highest BCUT2D eigenvalue weighted by molar-refractivity contribution is 5.86. The van der Waals surface area contributed by atoms with Crippen LogP contribution in [0.15, 0.2) is 40.8 Å². The van der Waals surface area contributed by atoms with Crippen molar-refractivity contribution >= 4 is 17.7 Å². The predicted octanol–water partition coefficient (Wildman–Crippen LogP) is 3.44. The lowest BCUT2D eigenvalue weighted by Crippen LogP contribution is -1.98. The number of carbonyl (C=O) groups excluding carboxylic acids is 1. The molecule has 0 spiro atoms. The van der Waals surface area contributed by atoms with Gasteiger partial charge in [0.1, 0.15) is 17.3 Å². The minimum absolute atomic E-state index is 0.0698. The van der Waals surface area contributed by atoms with E-state index in [1.54, 1.807) is 25.1 Å². The summed E-state index contributed by atoms with van der Waals surface area (Å²) in [7, 11) is 1.42. The van der Waals surface area contributed by atoms with Gasteiger partial charge in [-0.05, 0) is 31.2 Å². The number of nitrogens with zero attached hydrogens (tertiary/aromatic N) is 1. The second kappa shape index (κ2) is 7.26. The van der Waals surface area contributed by atoms with Crippen LogP contribution in [0.3, 0.4) is 0 Å². The highest BCUT2D eigenvalue weighted by Gasteiger charge is 2.15. The van der Waals surface area contributed by atoms with Crippen molar-refractivity contribution in [3.05, 3.63) is 52.3 Å². The van der Waals surface area contributed by atoms with E-state index in [0.717, 1.165) is 0 Å². The maximum Gasteiger partial charge on any atom is 0.330 e. The normalized spacial score (nSPS) is 10.7. The molecule has 2 rings (SSSR count). The summed E-state index contributed by atoms with van der Waals surface area (Å²) in [6, 6.07) is 7.61. The Labute approximate surface area is 132 Å². The molecule has 0 aliphatic carbocycles. The molecule has 23 heavy (non-hydrogen) atoms. The number of hydrogen-bond donors (Lipinski definition) is 0. The standard InChI is InChI=1S/C16H15NO6/c1-3-22-16(18)9-6-12-5-8-14(23-12)13-7-4-11(17(19)20)10-15(13)21-2/h4-10H,3H2,1-2H3/b9-6+. The number of esters is 1. The molecule has 0 saturated heterocycles. The second-order valence-corrected chi connectivity index (χ2v) is 4.43. The number of carbonyl (C=O) groups is 1. The molecule has 0 radical (unpaired) electrons. The zero-order valence-electron chi connectivity index (χ0n) is 12.6. The van der Waals surface area contributed by atoms with E-state index in [0.29, 0.717) is 29.4 Å². The summed E-state index contributed by atoms with van der Waals surface area (Å²) in [6.45, 7) is 2.02. The van der Waals surface area contributed by atoms with Crippen LogP contribution >= 0.6 is 0 Å². The molecule has 120 valence electrons. The van der Waals surface area contributed by atoms with Gasteiger partial charge in [0.25, 0.3) is 5.69 Å². The summed E-state index contributed by atoms with van der Waals surface area (Å²) in [5.74, 6) is 0.793. The summed E-state index contributed by atoms with van der Waals surface area (Å²) < 4.78 is 15.5. The molecule has 2 aromatic rings. The zero-order chi connectivity index (χ0) is 16.8. The number of benzene rings is 1. The van der Waals surface area contributed by atoms with Crippen molar-refractivity contribution in [2.45, 2.75) is 6.92 Å². The van der Waals surface area contributed by atoms with Crippen LogP contribution in [0.1, 0.15) is 12.7 Å². The minimum atomic E-state index is -0.498. The zero-order valence-corrected chi connectivity index (χ0v) is 12.6. The average molecular weight is 317 g/mol. The van der Waals surface area contributed by atoms with Crippen LogP contribution < -0.4 is 4.74 Å². The van der Waals surface area contributed by atoms with Crippen molar-refractivity contribution in [1.82, 2.24) is 0 Å². The summed E-state index contributed by atoms with van der Waals surface area (Å²) in [6.07, 6.45) is 2.75. The SMILES string of the molecule is CCOC(=O)/C=C/c1ccc(-c2ccc([N+](=O)[O-])cc2OC)o1. The van der Waals surface area contributed by atoms with Crippen molar-refractivity contribution in [3.8, 4) is 17.1 Å². The van der Waals surface area contributed by atoms with Gasteiger partial charge in [-0.3, -0.25) is 10.1 Å². The number of nitro groups is 1.